The predicted molar refractivity (Wildman–Crippen MR) is 54.7 cm³/mol. The molecule has 14 heavy (non-hydrogen) atoms. The summed E-state index contributed by atoms with van der Waals surface area (Å²) in [5.74, 6) is 1.45. The molecule has 0 aromatic carbocycles. The van der Waals surface area contributed by atoms with E-state index in [1.165, 1.54) is 0 Å². The van der Waals surface area contributed by atoms with Gasteiger partial charge in [-0.2, -0.15) is 0 Å². The Morgan fingerprint density at radius 3 is 2.71 bits per heavy atom. The maximum absolute atomic E-state index is 8.87. The highest BCUT2D eigenvalue weighted by atomic mass is 16.5. The average molecular weight is 200 g/mol. The number of hydrogen-bond acceptors (Lipinski definition) is 4. The fraction of sp³-hybridized carbons (Fsp3) is 0.900. The van der Waals surface area contributed by atoms with E-state index in [9.17, 15) is 0 Å². The van der Waals surface area contributed by atoms with Crippen molar-refractivity contribution in [1.29, 1.82) is 0 Å². The number of rotatable bonds is 3. The van der Waals surface area contributed by atoms with Crippen LogP contribution in [0.25, 0.3) is 0 Å². The molecule has 4 heteroatoms. The minimum atomic E-state index is 0.194. The third kappa shape index (κ3) is 2.69. The van der Waals surface area contributed by atoms with Gasteiger partial charge in [-0.3, -0.25) is 0 Å². The first kappa shape index (κ1) is 11.5. The molecule has 0 heterocycles. The van der Waals surface area contributed by atoms with Gasteiger partial charge in [0.2, 0.25) is 0 Å². The van der Waals surface area contributed by atoms with Gasteiger partial charge in [-0.05, 0) is 31.1 Å². The quantitative estimate of drug-likeness (QED) is 0.481. The second-order valence-electron chi connectivity index (χ2n) is 4.44. The molecule has 0 saturated heterocycles. The molecule has 1 aliphatic rings. The molecule has 1 saturated carbocycles. The van der Waals surface area contributed by atoms with Crippen LogP contribution >= 0.6 is 0 Å². The van der Waals surface area contributed by atoms with Crippen molar-refractivity contribution in [3.05, 3.63) is 0 Å². The van der Waals surface area contributed by atoms with Crippen LogP contribution in [-0.2, 0) is 0 Å². The van der Waals surface area contributed by atoms with Crippen LogP contribution in [-0.4, -0.2) is 22.7 Å². The van der Waals surface area contributed by atoms with Crippen molar-refractivity contribution in [3.8, 4) is 0 Å². The number of nitrogens with one attached hydrogen (secondary N) is 1. The summed E-state index contributed by atoms with van der Waals surface area (Å²) in [6, 6.07) is 0. The van der Waals surface area contributed by atoms with Crippen LogP contribution in [0.15, 0.2) is 5.16 Å². The zero-order valence-corrected chi connectivity index (χ0v) is 8.90. The standard InChI is InChI=1S/C10H20N2O2/c1-7(2)8-3-4-9(6-11-13)10(5-8)12-14/h7-9,11,13-14H,3-6H2,1-2H3/b12-10-/t8-,9-/m0/s1. The fourth-order valence-electron chi connectivity index (χ4n) is 2.14. The molecular formula is C10H20N2O2. The molecule has 0 aromatic heterocycles. The van der Waals surface area contributed by atoms with Gasteiger partial charge in [0.05, 0.1) is 5.71 Å². The average Bonchev–Trinajstić information content (AvgIpc) is 2.18. The molecule has 3 N–H and O–H groups in total. The summed E-state index contributed by atoms with van der Waals surface area (Å²) in [6.45, 7) is 4.89. The molecule has 0 bridgehead atoms. The van der Waals surface area contributed by atoms with E-state index in [2.05, 4.69) is 24.5 Å². The molecule has 0 radical (unpaired) electrons. The summed E-state index contributed by atoms with van der Waals surface area (Å²) in [7, 11) is 0. The van der Waals surface area contributed by atoms with E-state index < -0.39 is 0 Å². The zero-order valence-electron chi connectivity index (χ0n) is 8.90. The number of oxime groups is 1. The summed E-state index contributed by atoms with van der Waals surface area (Å²) < 4.78 is 0. The molecule has 0 spiro atoms. The summed E-state index contributed by atoms with van der Waals surface area (Å²) in [6.07, 6.45) is 3.01. The Labute approximate surface area is 85.0 Å². The molecule has 1 aliphatic carbocycles. The first-order chi connectivity index (χ1) is 6.69. The van der Waals surface area contributed by atoms with E-state index >= 15 is 0 Å². The summed E-state index contributed by atoms with van der Waals surface area (Å²) >= 11 is 0. The Bertz CT molecular complexity index is 204. The second kappa shape index (κ2) is 5.32. The van der Waals surface area contributed by atoms with Gasteiger partial charge in [0.1, 0.15) is 0 Å². The van der Waals surface area contributed by atoms with Crippen LogP contribution in [0, 0.1) is 17.8 Å². The van der Waals surface area contributed by atoms with E-state index in [1.54, 1.807) is 0 Å². The monoisotopic (exact) mass is 200 g/mol. The highest BCUT2D eigenvalue weighted by Crippen LogP contribution is 2.31. The number of hydroxylamine groups is 1. The van der Waals surface area contributed by atoms with Crippen molar-refractivity contribution in [2.45, 2.75) is 33.1 Å². The van der Waals surface area contributed by atoms with Crippen molar-refractivity contribution < 1.29 is 10.4 Å². The van der Waals surface area contributed by atoms with Gasteiger partial charge >= 0.3 is 0 Å². The minimum absolute atomic E-state index is 0.194. The van der Waals surface area contributed by atoms with Gasteiger partial charge in [0, 0.05) is 12.5 Å². The van der Waals surface area contributed by atoms with Gasteiger partial charge in [-0.1, -0.05) is 19.0 Å². The fourth-order valence-corrected chi connectivity index (χ4v) is 2.14. The summed E-state index contributed by atoms with van der Waals surface area (Å²) in [5.41, 5.74) is 2.98. The van der Waals surface area contributed by atoms with Gasteiger partial charge in [-0.15, -0.1) is 0 Å². The maximum atomic E-state index is 8.87. The van der Waals surface area contributed by atoms with E-state index in [1.807, 2.05) is 0 Å². The summed E-state index contributed by atoms with van der Waals surface area (Å²) in [5, 5.41) is 20.8. The third-order valence-electron chi connectivity index (χ3n) is 3.24. The first-order valence-electron chi connectivity index (χ1n) is 5.26. The van der Waals surface area contributed by atoms with Crippen molar-refractivity contribution in [2.75, 3.05) is 6.54 Å². The third-order valence-corrected chi connectivity index (χ3v) is 3.24. The van der Waals surface area contributed by atoms with Gasteiger partial charge in [-0.25, -0.2) is 5.48 Å². The lowest BCUT2D eigenvalue weighted by atomic mass is 9.76. The van der Waals surface area contributed by atoms with Crippen LogP contribution < -0.4 is 5.48 Å². The zero-order chi connectivity index (χ0) is 10.6. The molecule has 4 nitrogen and oxygen atoms in total. The summed E-state index contributed by atoms with van der Waals surface area (Å²) in [4.78, 5) is 0. The molecule has 0 aromatic rings. The van der Waals surface area contributed by atoms with Gasteiger partial charge in [0.15, 0.2) is 0 Å². The lowest BCUT2D eigenvalue weighted by Gasteiger charge is -2.31. The Morgan fingerprint density at radius 1 is 1.50 bits per heavy atom. The molecular weight excluding hydrogens is 180 g/mol. The molecule has 1 fully saturated rings. The maximum Gasteiger partial charge on any atom is 0.0618 e. The van der Waals surface area contributed by atoms with Gasteiger partial charge < -0.3 is 10.4 Å². The largest absolute Gasteiger partial charge is 0.411 e. The molecule has 0 aliphatic heterocycles. The Morgan fingerprint density at radius 2 is 2.21 bits per heavy atom. The molecule has 82 valence electrons. The van der Waals surface area contributed by atoms with Crippen LogP contribution in [0.1, 0.15) is 33.1 Å². The molecule has 0 unspecified atom stereocenters. The van der Waals surface area contributed by atoms with Crippen molar-refractivity contribution in [3.63, 3.8) is 0 Å². The minimum Gasteiger partial charge on any atom is -0.411 e. The lowest BCUT2D eigenvalue weighted by molar-refractivity contribution is 0.150. The van der Waals surface area contributed by atoms with Crippen molar-refractivity contribution in [2.24, 2.45) is 22.9 Å². The van der Waals surface area contributed by atoms with E-state index in [-0.39, 0.29) is 5.92 Å². The van der Waals surface area contributed by atoms with Crippen molar-refractivity contribution >= 4 is 5.71 Å². The smallest absolute Gasteiger partial charge is 0.0618 e. The second-order valence-corrected chi connectivity index (χ2v) is 4.44. The van der Waals surface area contributed by atoms with Crippen LogP contribution in [0.4, 0.5) is 0 Å². The van der Waals surface area contributed by atoms with Crippen LogP contribution in [0.3, 0.4) is 0 Å². The topological polar surface area (TPSA) is 64.8 Å². The van der Waals surface area contributed by atoms with Crippen LogP contribution in [0.5, 0.6) is 0 Å². The number of nitrogens with zero attached hydrogens (tertiary/aromatic N) is 1. The number of hydrogen-bond donors (Lipinski definition) is 3. The SMILES string of the molecule is CC(C)[C@H]1CC[C@@H](CNO)/C(=N\O)C1. The molecule has 2 atom stereocenters. The van der Waals surface area contributed by atoms with E-state index in [0.29, 0.717) is 18.4 Å². The molecule has 0 amide bonds. The Kier molecular flexibility index (Phi) is 4.35. The normalized spacial score (nSPS) is 31.3. The van der Waals surface area contributed by atoms with Crippen molar-refractivity contribution in [1.82, 2.24) is 5.48 Å². The first-order valence-corrected chi connectivity index (χ1v) is 5.26. The van der Waals surface area contributed by atoms with E-state index in [0.717, 1.165) is 25.0 Å². The van der Waals surface area contributed by atoms with Crippen LogP contribution in [0.2, 0.25) is 0 Å². The van der Waals surface area contributed by atoms with Gasteiger partial charge in [0.25, 0.3) is 0 Å². The highest BCUT2D eigenvalue weighted by Gasteiger charge is 2.28. The Hall–Kier alpha value is -0.610. The Balaban J connectivity index is 2.55. The lowest BCUT2D eigenvalue weighted by Crippen LogP contribution is -2.33. The predicted octanol–water partition coefficient (Wildman–Crippen LogP) is 1.87. The highest BCUT2D eigenvalue weighted by molar-refractivity contribution is 5.87. The van der Waals surface area contributed by atoms with E-state index in [4.69, 9.17) is 10.4 Å². The molecule has 1 rings (SSSR count).